The van der Waals surface area contributed by atoms with Crippen LogP contribution in [0.3, 0.4) is 0 Å². The van der Waals surface area contributed by atoms with E-state index >= 15 is 0 Å². The maximum absolute atomic E-state index is 13.1. The van der Waals surface area contributed by atoms with E-state index in [0.717, 1.165) is 3.57 Å². The summed E-state index contributed by atoms with van der Waals surface area (Å²) < 4.78 is 12.1. The first-order chi connectivity index (χ1) is 13.8. The Morgan fingerprint density at radius 3 is 2.48 bits per heavy atom. The molecule has 0 saturated carbocycles. The van der Waals surface area contributed by atoms with Gasteiger partial charge in [0.2, 0.25) is 0 Å². The highest BCUT2D eigenvalue weighted by Crippen LogP contribution is 2.35. The number of carbonyl (C=O) groups is 2. The second kappa shape index (κ2) is 8.91. The quantitative estimate of drug-likeness (QED) is 0.279. The zero-order valence-corrected chi connectivity index (χ0v) is 19.0. The van der Waals surface area contributed by atoms with Gasteiger partial charge in [-0.2, -0.15) is 0 Å². The molecule has 0 atom stereocenters. The van der Waals surface area contributed by atoms with Gasteiger partial charge in [0, 0.05) is 0 Å². The number of rotatable bonds is 5. The van der Waals surface area contributed by atoms with Gasteiger partial charge in [0.05, 0.1) is 22.5 Å². The van der Waals surface area contributed by atoms with Crippen LogP contribution in [0.4, 0.5) is 5.69 Å². The van der Waals surface area contributed by atoms with Crippen LogP contribution in [0.15, 0.2) is 48.0 Å². The van der Waals surface area contributed by atoms with Crippen molar-refractivity contribution in [2.75, 3.05) is 12.0 Å². The van der Waals surface area contributed by atoms with Crippen molar-refractivity contribution in [2.45, 2.75) is 20.0 Å². The molecule has 8 heteroatoms. The molecule has 0 spiro atoms. The maximum atomic E-state index is 13.1. The van der Waals surface area contributed by atoms with Crippen molar-refractivity contribution >= 4 is 63.5 Å². The van der Waals surface area contributed by atoms with Crippen LogP contribution in [0.5, 0.6) is 11.5 Å². The molecule has 0 unspecified atom stereocenters. The van der Waals surface area contributed by atoms with Crippen LogP contribution in [0, 0.1) is 3.57 Å². The molecule has 2 amide bonds. The second-order valence-corrected chi connectivity index (χ2v) is 8.04. The number of ether oxygens (including phenoxy) is 2. The number of halogens is 1. The minimum Gasteiger partial charge on any atom is -0.493 e. The molecule has 0 aromatic heterocycles. The summed E-state index contributed by atoms with van der Waals surface area (Å²) in [7, 11) is 1.55. The molecule has 2 aromatic rings. The van der Waals surface area contributed by atoms with E-state index in [4.69, 9.17) is 21.7 Å². The molecule has 1 aliphatic heterocycles. The number of hydrogen-bond acceptors (Lipinski definition) is 5. The lowest BCUT2D eigenvalue weighted by Gasteiger charge is -2.28. The smallest absolute Gasteiger partial charge is 0.270 e. The lowest BCUT2D eigenvalue weighted by Crippen LogP contribution is -2.54. The minimum absolute atomic E-state index is 0.0159. The highest BCUT2D eigenvalue weighted by atomic mass is 127. The largest absolute Gasteiger partial charge is 0.493 e. The number of methoxy groups -OCH3 is 1. The summed E-state index contributed by atoms with van der Waals surface area (Å²) in [5, 5.41) is 2.63. The normalized spacial score (nSPS) is 15.7. The molecule has 1 aliphatic rings. The van der Waals surface area contributed by atoms with E-state index < -0.39 is 11.8 Å². The molecule has 29 heavy (non-hydrogen) atoms. The molecule has 3 rings (SSSR count). The molecular formula is C21H19IN2O4S. The number of para-hydroxylation sites is 1. The third-order valence-corrected chi connectivity index (χ3v) is 5.12. The van der Waals surface area contributed by atoms with Gasteiger partial charge in [0.1, 0.15) is 5.57 Å². The Hall–Kier alpha value is -2.46. The highest BCUT2D eigenvalue weighted by molar-refractivity contribution is 14.1. The molecule has 1 heterocycles. The summed E-state index contributed by atoms with van der Waals surface area (Å²) in [6, 6.07) is 12.5. The average Bonchev–Trinajstić information content (AvgIpc) is 2.67. The van der Waals surface area contributed by atoms with E-state index in [-0.39, 0.29) is 16.8 Å². The summed E-state index contributed by atoms with van der Waals surface area (Å²) in [5.41, 5.74) is 1.21. The second-order valence-electron chi connectivity index (χ2n) is 6.49. The van der Waals surface area contributed by atoms with Gasteiger partial charge >= 0.3 is 0 Å². The average molecular weight is 522 g/mol. The number of thiocarbonyl (C=S) groups is 1. The fourth-order valence-electron chi connectivity index (χ4n) is 2.81. The Labute approximate surface area is 188 Å². The predicted molar refractivity (Wildman–Crippen MR) is 124 cm³/mol. The van der Waals surface area contributed by atoms with Crippen LogP contribution in [-0.2, 0) is 9.59 Å². The number of anilines is 1. The predicted octanol–water partition coefficient (Wildman–Crippen LogP) is 3.92. The number of hydrogen-bond donors (Lipinski definition) is 1. The summed E-state index contributed by atoms with van der Waals surface area (Å²) in [5.74, 6) is 0.124. The first kappa shape index (κ1) is 21.3. The molecule has 0 bridgehead atoms. The van der Waals surface area contributed by atoms with E-state index in [1.807, 2.05) is 26.0 Å². The van der Waals surface area contributed by atoms with Gasteiger partial charge in [-0.25, -0.2) is 0 Å². The van der Waals surface area contributed by atoms with Crippen molar-refractivity contribution in [2.24, 2.45) is 0 Å². The zero-order chi connectivity index (χ0) is 21.1. The third kappa shape index (κ3) is 4.59. The van der Waals surface area contributed by atoms with Gasteiger partial charge in [0.15, 0.2) is 16.6 Å². The van der Waals surface area contributed by atoms with Gasteiger partial charge in [-0.3, -0.25) is 19.8 Å². The Morgan fingerprint density at radius 1 is 1.17 bits per heavy atom. The Bertz CT molecular complexity index is 1010. The van der Waals surface area contributed by atoms with Crippen molar-refractivity contribution in [3.63, 3.8) is 0 Å². The van der Waals surface area contributed by atoms with Crippen LogP contribution in [0.2, 0.25) is 0 Å². The molecule has 1 saturated heterocycles. The van der Waals surface area contributed by atoms with Crippen molar-refractivity contribution in [1.29, 1.82) is 0 Å². The molecule has 1 fully saturated rings. The standard InChI is InChI=1S/C21H19IN2O4S/c1-12(2)28-18-16(22)10-13(11-17(18)27-3)9-15-19(25)23-21(29)24(20(15)26)14-7-5-4-6-8-14/h4-12H,1-3H3,(H,23,25,29)/b15-9-. The summed E-state index contributed by atoms with van der Waals surface area (Å²) in [6.07, 6.45) is 1.51. The highest BCUT2D eigenvalue weighted by Gasteiger charge is 2.34. The molecule has 150 valence electrons. The van der Waals surface area contributed by atoms with Crippen molar-refractivity contribution in [3.8, 4) is 11.5 Å². The van der Waals surface area contributed by atoms with Crippen LogP contribution in [0.25, 0.3) is 6.08 Å². The van der Waals surface area contributed by atoms with Crippen LogP contribution < -0.4 is 19.7 Å². The maximum Gasteiger partial charge on any atom is 0.270 e. The van der Waals surface area contributed by atoms with Gasteiger partial charge in [-0.15, -0.1) is 0 Å². The molecule has 6 nitrogen and oxygen atoms in total. The first-order valence-corrected chi connectivity index (χ1v) is 10.3. The number of nitrogens with one attached hydrogen (secondary N) is 1. The number of amides is 2. The number of carbonyl (C=O) groups excluding carboxylic acids is 2. The van der Waals surface area contributed by atoms with Crippen LogP contribution in [-0.4, -0.2) is 30.1 Å². The van der Waals surface area contributed by atoms with Crippen molar-refractivity contribution < 1.29 is 19.1 Å². The summed E-state index contributed by atoms with van der Waals surface area (Å²) in [4.78, 5) is 26.8. The van der Waals surface area contributed by atoms with Gasteiger partial charge < -0.3 is 9.47 Å². The van der Waals surface area contributed by atoms with E-state index in [9.17, 15) is 9.59 Å². The molecule has 0 radical (unpaired) electrons. The van der Waals surface area contributed by atoms with E-state index in [0.29, 0.717) is 22.7 Å². The Balaban J connectivity index is 2.02. The van der Waals surface area contributed by atoms with Gasteiger partial charge in [0.25, 0.3) is 11.8 Å². The lowest BCUT2D eigenvalue weighted by atomic mass is 10.1. The van der Waals surface area contributed by atoms with E-state index in [2.05, 4.69) is 27.9 Å². The van der Waals surface area contributed by atoms with E-state index in [1.165, 1.54) is 11.0 Å². The topological polar surface area (TPSA) is 67.9 Å². The molecule has 1 N–H and O–H groups in total. The first-order valence-electron chi connectivity index (χ1n) is 8.82. The summed E-state index contributed by atoms with van der Waals surface area (Å²) >= 11 is 7.35. The van der Waals surface area contributed by atoms with E-state index in [1.54, 1.807) is 37.4 Å². The lowest BCUT2D eigenvalue weighted by molar-refractivity contribution is -0.122. The fraction of sp³-hybridized carbons (Fsp3) is 0.190. The minimum atomic E-state index is -0.538. The van der Waals surface area contributed by atoms with Crippen molar-refractivity contribution in [1.82, 2.24) is 5.32 Å². The third-order valence-electron chi connectivity index (χ3n) is 4.03. The van der Waals surface area contributed by atoms with Gasteiger partial charge in [-0.1, -0.05) is 18.2 Å². The Morgan fingerprint density at radius 2 is 1.86 bits per heavy atom. The Kier molecular flexibility index (Phi) is 6.53. The van der Waals surface area contributed by atoms with Gasteiger partial charge in [-0.05, 0) is 84.6 Å². The monoisotopic (exact) mass is 522 g/mol. The number of benzene rings is 2. The zero-order valence-electron chi connectivity index (χ0n) is 16.1. The summed E-state index contributed by atoms with van der Waals surface area (Å²) in [6.45, 7) is 3.86. The molecule has 2 aromatic carbocycles. The van der Waals surface area contributed by atoms with Crippen LogP contribution >= 0.6 is 34.8 Å². The molecular weight excluding hydrogens is 503 g/mol. The molecule has 0 aliphatic carbocycles. The number of nitrogens with zero attached hydrogens (tertiary/aromatic N) is 1. The van der Waals surface area contributed by atoms with Crippen molar-refractivity contribution in [3.05, 3.63) is 57.2 Å². The van der Waals surface area contributed by atoms with Crippen LogP contribution in [0.1, 0.15) is 19.4 Å². The SMILES string of the molecule is COc1cc(/C=C2/C(=O)NC(=S)N(c3ccccc3)C2=O)cc(I)c1OC(C)C. The fourth-order valence-corrected chi connectivity index (χ4v) is 3.84.